The maximum atomic E-state index is 12.3. The molecule has 1 saturated heterocycles. The summed E-state index contributed by atoms with van der Waals surface area (Å²) in [5.74, 6) is -1.05. The first-order valence-electron chi connectivity index (χ1n) is 7.43. The predicted molar refractivity (Wildman–Crippen MR) is 78.9 cm³/mol. The van der Waals surface area contributed by atoms with E-state index in [0.29, 0.717) is 13.1 Å². The highest BCUT2D eigenvalue weighted by molar-refractivity contribution is 5.93. The van der Waals surface area contributed by atoms with Crippen molar-refractivity contribution < 1.29 is 22.8 Å². The Morgan fingerprint density at radius 1 is 1.21 bits per heavy atom. The highest BCUT2D eigenvalue weighted by Crippen LogP contribution is 2.21. The van der Waals surface area contributed by atoms with E-state index in [2.05, 4.69) is 15.3 Å². The van der Waals surface area contributed by atoms with Crippen LogP contribution in [0.5, 0.6) is 0 Å². The molecular weight excluding hydrogens is 327 g/mol. The van der Waals surface area contributed by atoms with E-state index in [0.717, 1.165) is 0 Å². The standard InChI is InChI=1S/C14H18F3N5O2/c1-10(12(24)20-13-18-3-2-4-19-13)21-5-7-22(8-6-21)11(23)9-14(15,16)17/h2-4,10H,5-9H2,1H3,(H,18,19,20,24)/t10-/m1/s1. The summed E-state index contributed by atoms with van der Waals surface area (Å²) >= 11 is 0. The predicted octanol–water partition coefficient (Wildman–Crippen LogP) is 0.900. The van der Waals surface area contributed by atoms with Crippen LogP contribution in [0.2, 0.25) is 0 Å². The molecule has 1 aromatic heterocycles. The highest BCUT2D eigenvalue weighted by Gasteiger charge is 2.35. The van der Waals surface area contributed by atoms with Gasteiger partial charge in [0.25, 0.3) is 0 Å². The molecule has 2 heterocycles. The van der Waals surface area contributed by atoms with Gasteiger partial charge in [-0.15, -0.1) is 0 Å². The molecule has 1 N–H and O–H groups in total. The Labute approximate surface area is 136 Å². The van der Waals surface area contributed by atoms with Crippen LogP contribution in [-0.4, -0.2) is 70.0 Å². The third-order valence-electron chi connectivity index (χ3n) is 3.75. The Balaban J connectivity index is 1.83. The van der Waals surface area contributed by atoms with E-state index in [1.807, 2.05) is 0 Å². The Morgan fingerprint density at radius 3 is 2.33 bits per heavy atom. The van der Waals surface area contributed by atoms with Crippen LogP contribution in [0.15, 0.2) is 18.5 Å². The molecule has 1 aliphatic heterocycles. The largest absolute Gasteiger partial charge is 0.397 e. The second kappa shape index (κ2) is 7.56. The van der Waals surface area contributed by atoms with Gasteiger partial charge in [0.15, 0.2) is 0 Å². The molecule has 132 valence electrons. The molecule has 1 fully saturated rings. The SMILES string of the molecule is C[C@H](C(=O)Nc1ncccn1)N1CCN(C(=O)CC(F)(F)F)CC1. The first-order valence-corrected chi connectivity index (χ1v) is 7.43. The maximum absolute atomic E-state index is 12.3. The van der Waals surface area contributed by atoms with Crippen LogP contribution < -0.4 is 5.32 Å². The third-order valence-corrected chi connectivity index (χ3v) is 3.75. The van der Waals surface area contributed by atoms with Crippen molar-refractivity contribution in [3.63, 3.8) is 0 Å². The van der Waals surface area contributed by atoms with Crippen LogP contribution >= 0.6 is 0 Å². The number of halogens is 3. The van der Waals surface area contributed by atoms with Crippen molar-refractivity contribution in [1.82, 2.24) is 19.8 Å². The number of carbonyl (C=O) groups excluding carboxylic acids is 2. The van der Waals surface area contributed by atoms with Gasteiger partial charge in [0.2, 0.25) is 17.8 Å². The Morgan fingerprint density at radius 2 is 1.79 bits per heavy atom. The minimum absolute atomic E-state index is 0.161. The van der Waals surface area contributed by atoms with Crippen LogP contribution in [0.1, 0.15) is 13.3 Å². The van der Waals surface area contributed by atoms with Crippen LogP contribution in [0.25, 0.3) is 0 Å². The van der Waals surface area contributed by atoms with Gasteiger partial charge in [-0.05, 0) is 13.0 Å². The lowest BCUT2D eigenvalue weighted by molar-refractivity contribution is -0.162. The number of nitrogens with one attached hydrogen (secondary N) is 1. The van der Waals surface area contributed by atoms with Gasteiger partial charge < -0.3 is 4.90 Å². The summed E-state index contributed by atoms with van der Waals surface area (Å²) in [4.78, 5) is 34.5. The molecule has 1 aromatic rings. The second-order valence-electron chi connectivity index (χ2n) is 5.45. The average Bonchev–Trinajstić information content (AvgIpc) is 2.53. The van der Waals surface area contributed by atoms with Crippen LogP contribution in [0, 0.1) is 0 Å². The molecular formula is C14H18F3N5O2. The topological polar surface area (TPSA) is 78.4 Å². The van der Waals surface area contributed by atoms with E-state index in [1.54, 1.807) is 17.9 Å². The summed E-state index contributed by atoms with van der Waals surface area (Å²) in [6.07, 6.45) is -2.96. The molecule has 7 nitrogen and oxygen atoms in total. The van der Waals surface area contributed by atoms with Crippen molar-refractivity contribution in [1.29, 1.82) is 0 Å². The van der Waals surface area contributed by atoms with E-state index in [4.69, 9.17) is 0 Å². The zero-order valence-corrected chi connectivity index (χ0v) is 13.1. The van der Waals surface area contributed by atoms with Crippen molar-refractivity contribution >= 4 is 17.8 Å². The van der Waals surface area contributed by atoms with Crippen LogP contribution in [0.3, 0.4) is 0 Å². The number of hydrogen-bond acceptors (Lipinski definition) is 5. The van der Waals surface area contributed by atoms with Crippen molar-refractivity contribution in [3.05, 3.63) is 18.5 Å². The smallest absolute Gasteiger partial charge is 0.340 e. The molecule has 2 amide bonds. The lowest BCUT2D eigenvalue weighted by Gasteiger charge is -2.37. The quantitative estimate of drug-likeness (QED) is 0.877. The van der Waals surface area contributed by atoms with E-state index in [1.165, 1.54) is 17.3 Å². The number of aromatic nitrogens is 2. The highest BCUT2D eigenvalue weighted by atomic mass is 19.4. The van der Waals surface area contributed by atoms with Gasteiger partial charge in [-0.25, -0.2) is 9.97 Å². The normalized spacial score (nSPS) is 17.4. The summed E-state index contributed by atoms with van der Waals surface area (Å²) in [5, 5.41) is 2.57. The summed E-state index contributed by atoms with van der Waals surface area (Å²) in [6.45, 7) is 2.66. The lowest BCUT2D eigenvalue weighted by Crippen LogP contribution is -2.54. The van der Waals surface area contributed by atoms with E-state index in [9.17, 15) is 22.8 Å². The number of amides is 2. The minimum Gasteiger partial charge on any atom is -0.340 e. The molecule has 24 heavy (non-hydrogen) atoms. The number of alkyl halides is 3. The molecule has 0 unspecified atom stereocenters. The average molecular weight is 345 g/mol. The molecule has 2 rings (SSSR count). The van der Waals surface area contributed by atoms with Crippen molar-refractivity contribution in [3.8, 4) is 0 Å². The fraction of sp³-hybridized carbons (Fsp3) is 0.571. The molecule has 10 heteroatoms. The molecule has 0 radical (unpaired) electrons. The van der Waals surface area contributed by atoms with Gasteiger partial charge in [-0.2, -0.15) is 13.2 Å². The summed E-state index contributed by atoms with van der Waals surface area (Å²) in [6, 6.07) is 1.12. The van der Waals surface area contributed by atoms with Gasteiger partial charge >= 0.3 is 6.18 Å². The summed E-state index contributed by atoms with van der Waals surface area (Å²) in [7, 11) is 0. The molecule has 1 aliphatic rings. The number of anilines is 1. The van der Waals surface area contributed by atoms with Gasteiger partial charge in [0.05, 0.1) is 6.04 Å². The monoisotopic (exact) mass is 345 g/mol. The van der Waals surface area contributed by atoms with Crippen molar-refractivity contribution in [2.24, 2.45) is 0 Å². The van der Waals surface area contributed by atoms with Crippen molar-refractivity contribution in [2.75, 3.05) is 31.5 Å². The first kappa shape index (κ1) is 18.1. The van der Waals surface area contributed by atoms with E-state index < -0.39 is 24.5 Å². The molecule has 0 bridgehead atoms. The van der Waals surface area contributed by atoms with Crippen LogP contribution in [-0.2, 0) is 9.59 Å². The molecule has 1 atom stereocenters. The van der Waals surface area contributed by atoms with E-state index in [-0.39, 0.29) is 24.9 Å². The third kappa shape index (κ3) is 5.15. The number of nitrogens with zero attached hydrogens (tertiary/aromatic N) is 4. The maximum Gasteiger partial charge on any atom is 0.397 e. The number of hydrogen-bond donors (Lipinski definition) is 1. The Kier molecular flexibility index (Phi) is 5.71. The Hall–Kier alpha value is -2.23. The van der Waals surface area contributed by atoms with Gasteiger partial charge in [0, 0.05) is 38.6 Å². The fourth-order valence-electron chi connectivity index (χ4n) is 2.39. The number of piperazine rings is 1. The molecule has 0 aromatic carbocycles. The molecule has 0 saturated carbocycles. The van der Waals surface area contributed by atoms with Crippen molar-refractivity contribution in [2.45, 2.75) is 25.6 Å². The van der Waals surface area contributed by atoms with Gasteiger partial charge in [0.1, 0.15) is 6.42 Å². The summed E-state index contributed by atoms with van der Waals surface area (Å²) in [5.41, 5.74) is 0. The summed E-state index contributed by atoms with van der Waals surface area (Å²) < 4.78 is 36.8. The molecule has 0 aliphatic carbocycles. The second-order valence-corrected chi connectivity index (χ2v) is 5.45. The van der Waals surface area contributed by atoms with Gasteiger partial charge in [-0.1, -0.05) is 0 Å². The lowest BCUT2D eigenvalue weighted by atomic mass is 10.2. The Bertz CT molecular complexity index is 574. The zero-order valence-electron chi connectivity index (χ0n) is 13.1. The number of rotatable bonds is 4. The minimum atomic E-state index is -4.50. The fourth-order valence-corrected chi connectivity index (χ4v) is 2.39. The molecule has 0 spiro atoms. The van der Waals surface area contributed by atoms with E-state index >= 15 is 0 Å². The zero-order chi connectivity index (χ0) is 17.7. The van der Waals surface area contributed by atoms with Gasteiger partial charge in [-0.3, -0.25) is 19.8 Å². The first-order chi connectivity index (χ1) is 11.3. The number of carbonyl (C=O) groups is 2. The van der Waals surface area contributed by atoms with Crippen LogP contribution in [0.4, 0.5) is 19.1 Å².